The van der Waals surface area contributed by atoms with E-state index in [1.54, 1.807) is 6.07 Å². The summed E-state index contributed by atoms with van der Waals surface area (Å²) in [5.41, 5.74) is 0. The molecule has 1 aliphatic rings. The lowest BCUT2D eigenvalue weighted by Crippen LogP contribution is -2.37. The summed E-state index contributed by atoms with van der Waals surface area (Å²) < 4.78 is 25.2. The van der Waals surface area contributed by atoms with E-state index in [-0.39, 0.29) is 0 Å². The van der Waals surface area contributed by atoms with Crippen LogP contribution in [-0.4, -0.2) is 44.7 Å². The van der Waals surface area contributed by atoms with Gasteiger partial charge in [0.15, 0.2) is 5.25 Å². The highest BCUT2D eigenvalue weighted by atomic mass is 32.2. The topological polar surface area (TPSA) is 73.2 Å². The first-order valence-electron chi connectivity index (χ1n) is 5.05. The van der Waals surface area contributed by atoms with E-state index >= 15 is 0 Å². The Morgan fingerprint density at radius 3 is 2.67 bits per heavy atom. The van der Waals surface area contributed by atoms with Crippen molar-refractivity contribution in [2.24, 2.45) is 0 Å². The van der Waals surface area contributed by atoms with Crippen molar-refractivity contribution in [1.82, 2.24) is 9.62 Å². The van der Waals surface area contributed by atoms with Gasteiger partial charge in [0.1, 0.15) is 0 Å². The molecule has 0 heterocycles. The Bertz CT molecular complexity index is 343. The molecule has 0 aromatic carbocycles. The second-order valence-corrected chi connectivity index (χ2v) is 6.01. The molecule has 0 radical (unpaired) electrons. The van der Waals surface area contributed by atoms with E-state index in [0.29, 0.717) is 19.1 Å². The molecule has 1 N–H and O–H groups in total. The number of nitrogens with one attached hydrogen (secondary N) is 1. The third-order valence-corrected chi connectivity index (χ3v) is 4.23. The Hall–Kier alpha value is -0.640. The zero-order chi connectivity index (χ0) is 11.5. The second kappa shape index (κ2) is 4.92. The molecule has 1 atom stereocenters. The SMILES string of the molecule is CC(C#N)S(=O)(=O)NCCN(C)C1CC1. The highest BCUT2D eigenvalue weighted by Crippen LogP contribution is 2.24. The van der Waals surface area contributed by atoms with Gasteiger partial charge >= 0.3 is 0 Å². The monoisotopic (exact) mass is 231 g/mol. The maximum absolute atomic E-state index is 11.4. The van der Waals surface area contributed by atoms with E-state index in [1.807, 2.05) is 7.05 Å². The van der Waals surface area contributed by atoms with Gasteiger partial charge in [0.2, 0.25) is 10.0 Å². The van der Waals surface area contributed by atoms with Gasteiger partial charge in [0.25, 0.3) is 0 Å². The van der Waals surface area contributed by atoms with Crippen LogP contribution in [0.15, 0.2) is 0 Å². The minimum absolute atomic E-state index is 0.376. The maximum Gasteiger partial charge on any atom is 0.227 e. The van der Waals surface area contributed by atoms with Crippen LogP contribution in [0.1, 0.15) is 19.8 Å². The van der Waals surface area contributed by atoms with Crippen LogP contribution in [0.4, 0.5) is 0 Å². The highest BCUT2D eigenvalue weighted by molar-refractivity contribution is 7.90. The van der Waals surface area contributed by atoms with E-state index in [9.17, 15) is 8.42 Å². The smallest absolute Gasteiger partial charge is 0.227 e. The van der Waals surface area contributed by atoms with Crippen molar-refractivity contribution in [1.29, 1.82) is 5.26 Å². The third-order valence-electron chi connectivity index (χ3n) is 2.59. The van der Waals surface area contributed by atoms with E-state index in [2.05, 4.69) is 9.62 Å². The summed E-state index contributed by atoms with van der Waals surface area (Å²) >= 11 is 0. The van der Waals surface area contributed by atoms with Gasteiger partial charge in [-0.2, -0.15) is 5.26 Å². The Morgan fingerprint density at radius 2 is 2.20 bits per heavy atom. The summed E-state index contributed by atoms with van der Waals surface area (Å²) in [6.45, 7) is 2.45. The summed E-state index contributed by atoms with van der Waals surface area (Å²) in [7, 11) is -1.46. The summed E-state index contributed by atoms with van der Waals surface area (Å²) in [5.74, 6) is 0. The average molecular weight is 231 g/mol. The predicted molar refractivity (Wildman–Crippen MR) is 57.6 cm³/mol. The largest absolute Gasteiger partial charge is 0.302 e. The fraction of sp³-hybridized carbons (Fsp3) is 0.889. The van der Waals surface area contributed by atoms with Crippen molar-refractivity contribution in [3.63, 3.8) is 0 Å². The molecule has 0 bridgehead atoms. The van der Waals surface area contributed by atoms with E-state index in [0.717, 1.165) is 0 Å². The summed E-state index contributed by atoms with van der Waals surface area (Å²) in [5, 5.41) is 7.51. The molecule has 5 nitrogen and oxygen atoms in total. The molecule has 1 rings (SSSR count). The van der Waals surface area contributed by atoms with Crippen LogP contribution in [0.2, 0.25) is 0 Å². The summed E-state index contributed by atoms with van der Waals surface area (Å²) in [6, 6.07) is 2.34. The first-order chi connectivity index (χ1) is 6.97. The average Bonchev–Trinajstić information content (AvgIpc) is 2.99. The van der Waals surface area contributed by atoms with E-state index < -0.39 is 15.3 Å². The molecule has 86 valence electrons. The Balaban J connectivity index is 2.27. The number of nitrogens with zero attached hydrogens (tertiary/aromatic N) is 2. The van der Waals surface area contributed by atoms with E-state index in [1.165, 1.54) is 19.8 Å². The number of rotatable bonds is 6. The number of hydrogen-bond acceptors (Lipinski definition) is 4. The van der Waals surface area contributed by atoms with E-state index in [4.69, 9.17) is 5.26 Å². The first kappa shape index (κ1) is 12.4. The molecular formula is C9H17N3O2S. The van der Waals surface area contributed by atoms with Crippen molar-refractivity contribution in [3.05, 3.63) is 0 Å². The van der Waals surface area contributed by atoms with Gasteiger partial charge in [-0.05, 0) is 26.8 Å². The minimum atomic E-state index is -3.45. The number of hydrogen-bond donors (Lipinski definition) is 1. The second-order valence-electron chi connectivity index (χ2n) is 3.92. The molecule has 15 heavy (non-hydrogen) atoms. The van der Waals surface area contributed by atoms with Crippen LogP contribution in [0.3, 0.4) is 0 Å². The molecule has 0 aliphatic heterocycles. The lowest BCUT2D eigenvalue weighted by molar-refractivity contribution is 0.329. The minimum Gasteiger partial charge on any atom is -0.302 e. The highest BCUT2D eigenvalue weighted by Gasteiger charge is 2.26. The van der Waals surface area contributed by atoms with Crippen molar-refractivity contribution < 1.29 is 8.42 Å². The lowest BCUT2D eigenvalue weighted by Gasteiger charge is -2.16. The molecule has 1 unspecified atom stereocenters. The zero-order valence-electron chi connectivity index (χ0n) is 9.10. The standard InChI is InChI=1S/C9H17N3O2S/c1-8(7-10)15(13,14)11-5-6-12(2)9-3-4-9/h8-9,11H,3-6H2,1-2H3. The Kier molecular flexibility index (Phi) is 4.08. The number of likely N-dealkylation sites (N-methyl/N-ethyl adjacent to an activating group) is 1. The molecule has 0 aromatic heterocycles. The molecular weight excluding hydrogens is 214 g/mol. The molecule has 0 aromatic rings. The first-order valence-corrected chi connectivity index (χ1v) is 6.60. The molecule has 6 heteroatoms. The van der Waals surface area contributed by atoms with Crippen LogP contribution in [0.5, 0.6) is 0 Å². The zero-order valence-corrected chi connectivity index (χ0v) is 9.92. The number of nitriles is 1. The lowest BCUT2D eigenvalue weighted by atomic mass is 10.5. The fourth-order valence-electron chi connectivity index (χ4n) is 1.26. The van der Waals surface area contributed by atoms with Gasteiger partial charge in [-0.1, -0.05) is 0 Å². The Labute approximate surface area is 91.1 Å². The molecule has 0 amide bonds. The van der Waals surface area contributed by atoms with Gasteiger partial charge in [0.05, 0.1) is 6.07 Å². The van der Waals surface area contributed by atoms with Gasteiger partial charge in [-0.15, -0.1) is 0 Å². The van der Waals surface area contributed by atoms with Gasteiger partial charge < -0.3 is 4.90 Å². The van der Waals surface area contributed by atoms with Crippen LogP contribution < -0.4 is 4.72 Å². The third kappa shape index (κ3) is 3.78. The van der Waals surface area contributed by atoms with Crippen LogP contribution in [0.25, 0.3) is 0 Å². The number of sulfonamides is 1. The molecule has 1 fully saturated rings. The van der Waals surface area contributed by atoms with Crippen molar-refractivity contribution in [2.75, 3.05) is 20.1 Å². The molecule has 1 aliphatic carbocycles. The van der Waals surface area contributed by atoms with Crippen LogP contribution in [0, 0.1) is 11.3 Å². The van der Waals surface area contributed by atoms with Crippen molar-refractivity contribution in [2.45, 2.75) is 31.1 Å². The van der Waals surface area contributed by atoms with Crippen LogP contribution in [-0.2, 0) is 10.0 Å². The molecule has 0 saturated heterocycles. The van der Waals surface area contributed by atoms with Gasteiger partial charge in [-0.25, -0.2) is 13.1 Å². The maximum atomic E-state index is 11.4. The quantitative estimate of drug-likeness (QED) is 0.693. The van der Waals surface area contributed by atoms with Crippen molar-refractivity contribution in [3.8, 4) is 6.07 Å². The Morgan fingerprint density at radius 1 is 1.60 bits per heavy atom. The molecule has 1 saturated carbocycles. The normalized spacial score (nSPS) is 18.8. The fourth-order valence-corrected chi connectivity index (χ4v) is 2.02. The van der Waals surface area contributed by atoms with Gasteiger partial charge in [0, 0.05) is 19.1 Å². The van der Waals surface area contributed by atoms with Gasteiger partial charge in [-0.3, -0.25) is 0 Å². The summed E-state index contributed by atoms with van der Waals surface area (Å²) in [4.78, 5) is 2.14. The van der Waals surface area contributed by atoms with Crippen molar-refractivity contribution >= 4 is 10.0 Å². The molecule has 0 spiro atoms. The predicted octanol–water partition coefficient (Wildman–Crippen LogP) is -0.0879. The van der Waals surface area contributed by atoms with Crippen LogP contribution >= 0.6 is 0 Å². The summed E-state index contributed by atoms with van der Waals surface area (Å²) in [6.07, 6.45) is 2.41.